The number of Topliss-reactive ketones (excluding diaryl/α,β-unsaturated/α-hetero) is 1. The number of rotatable bonds is 7. The molecule has 0 unspecified atom stereocenters. The molecule has 0 aliphatic rings. The van der Waals surface area contributed by atoms with E-state index in [9.17, 15) is 4.79 Å². The summed E-state index contributed by atoms with van der Waals surface area (Å²) in [6.45, 7) is 8.42. The maximum Gasteiger partial charge on any atom is 0.196 e. The lowest BCUT2D eigenvalue weighted by molar-refractivity contribution is 0.102. The number of ketones is 1. The van der Waals surface area contributed by atoms with Crippen LogP contribution in [0.4, 0.5) is 0 Å². The molecule has 134 valence electrons. The summed E-state index contributed by atoms with van der Waals surface area (Å²) in [5.74, 6) is 0.358. The van der Waals surface area contributed by atoms with Crippen LogP contribution in [-0.2, 0) is 6.54 Å². The van der Waals surface area contributed by atoms with Gasteiger partial charge >= 0.3 is 0 Å². The zero-order valence-corrected chi connectivity index (χ0v) is 16.2. The highest BCUT2D eigenvalue weighted by Gasteiger charge is 2.17. The normalized spacial score (nSPS) is 10.9. The molecule has 0 aliphatic carbocycles. The number of aryl methyl sites for hydroxylation is 1. The average Bonchev–Trinajstić information content (AvgIpc) is 3.20. The van der Waals surface area contributed by atoms with Crippen molar-refractivity contribution in [3.05, 3.63) is 71.3 Å². The molecule has 0 amide bonds. The molecule has 7 heteroatoms. The van der Waals surface area contributed by atoms with Crippen molar-refractivity contribution in [2.24, 2.45) is 0 Å². The fourth-order valence-electron chi connectivity index (χ4n) is 2.83. The third-order valence-electron chi connectivity index (χ3n) is 4.12. The van der Waals surface area contributed by atoms with Gasteiger partial charge in [-0.3, -0.25) is 9.36 Å². The Morgan fingerprint density at radius 3 is 2.88 bits per heavy atom. The molecule has 0 bridgehead atoms. The molecule has 0 N–H and O–H groups in total. The largest absolute Gasteiger partial charge is 0.345 e. The zero-order valence-electron chi connectivity index (χ0n) is 14.6. The Morgan fingerprint density at radius 2 is 2.15 bits per heavy atom. The first-order valence-corrected chi connectivity index (χ1v) is 9.47. The Hall–Kier alpha value is -2.31. The summed E-state index contributed by atoms with van der Waals surface area (Å²) >= 11 is 7.42. The number of carbonyl (C=O) groups is 1. The molecule has 0 aliphatic heterocycles. The molecule has 0 spiro atoms. The van der Waals surface area contributed by atoms with Gasteiger partial charge in [0.2, 0.25) is 0 Å². The lowest BCUT2D eigenvalue weighted by Crippen LogP contribution is -2.07. The van der Waals surface area contributed by atoms with Crippen LogP contribution >= 0.6 is 23.4 Å². The van der Waals surface area contributed by atoms with E-state index in [-0.39, 0.29) is 11.5 Å². The molecular weight excluding hydrogens is 368 g/mol. The maximum atomic E-state index is 12.7. The van der Waals surface area contributed by atoms with Crippen LogP contribution in [0, 0.1) is 13.8 Å². The molecule has 26 heavy (non-hydrogen) atoms. The van der Waals surface area contributed by atoms with Crippen molar-refractivity contribution in [1.82, 2.24) is 19.3 Å². The van der Waals surface area contributed by atoms with Gasteiger partial charge in [0.25, 0.3) is 0 Å². The standard InChI is InChI=1S/C19H19ClN4OS/c1-4-8-23-13(2)9-17(14(23)3)18(25)11-26-19-22-21-12-24(19)16-7-5-6-15(20)10-16/h4-7,9-10,12H,1,8,11H2,2-3H3. The van der Waals surface area contributed by atoms with Crippen LogP contribution in [0.5, 0.6) is 0 Å². The monoisotopic (exact) mass is 386 g/mol. The predicted octanol–water partition coefficient (Wildman–Crippen LogP) is 4.50. The molecule has 0 atom stereocenters. The predicted molar refractivity (Wildman–Crippen MR) is 106 cm³/mol. The molecule has 0 saturated heterocycles. The van der Waals surface area contributed by atoms with Crippen molar-refractivity contribution in [1.29, 1.82) is 0 Å². The smallest absolute Gasteiger partial charge is 0.196 e. The molecule has 0 radical (unpaired) electrons. The van der Waals surface area contributed by atoms with Crippen LogP contribution in [0.3, 0.4) is 0 Å². The summed E-state index contributed by atoms with van der Waals surface area (Å²) in [5, 5.41) is 9.38. The van der Waals surface area contributed by atoms with Crippen molar-refractivity contribution >= 4 is 29.1 Å². The molecule has 0 fully saturated rings. The summed E-state index contributed by atoms with van der Waals surface area (Å²) in [4.78, 5) is 12.7. The first-order valence-electron chi connectivity index (χ1n) is 8.11. The number of hydrogen-bond donors (Lipinski definition) is 0. The number of benzene rings is 1. The molecular formula is C19H19ClN4OS. The van der Waals surface area contributed by atoms with Gasteiger partial charge in [-0.05, 0) is 38.1 Å². The van der Waals surface area contributed by atoms with E-state index in [1.165, 1.54) is 11.8 Å². The molecule has 2 heterocycles. The number of aromatic nitrogens is 4. The second-order valence-electron chi connectivity index (χ2n) is 5.86. The number of nitrogens with zero attached hydrogens (tertiary/aromatic N) is 4. The quantitative estimate of drug-likeness (QED) is 0.341. The highest BCUT2D eigenvalue weighted by Crippen LogP contribution is 2.24. The lowest BCUT2D eigenvalue weighted by Gasteiger charge is -2.07. The fraction of sp³-hybridized carbons (Fsp3) is 0.211. The van der Waals surface area contributed by atoms with Crippen LogP contribution in [0.1, 0.15) is 21.7 Å². The molecule has 0 saturated carbocycles. The zero-order chi connectivity index (χ0) is 18.7. The van der Waals surface area contributed by atoms with Gasteiger partial charge in [-0.25, -0.2) is 0 Å². The summed E-state index contributed by atoms with van der Waals surface area (Å²) in [6, 6.07) is 9.36. The number of carbonyl (C=O) groups excluding carboxylic acids is 1. The van der Waals surface area contributed by atoms with Crippen LogP contribution in [0.15, 0.2) is 54.5 Å². The summed E-state index contributed by atoms with van der Waals surface area (Å²) in [6.07, 6.45) is 3.45. The highest BCUT2D eigenvalue weighted by atomic mass is 35.5. The number of allylic oxidation sites excluding steroid dienone is 1. The number of thioether (sulfide) groups is 1. The van der Waals surface area contributed by atoms with E-state index in [2.05, 4.69) is 21.3 Å². The van der Waals surface area contributed by atoms with E-state index < -0.39 is 0 Å². The number of halogens is 1. The molecule has 3 aromatic rings. The second-order valence-corrected chi connectivity index (χ2v) is 7.24. The minimum atomic E-state index is 0.0686. The maximum absolute atomic E-state index is 12.7. The van der Waals surface area contributed by atoms with E-state index in [4.69, 9.17) is 11.6 Å². The van der Waals surface area contributed by atoms with Gasteiger partial charge in [0.15, 0.2) is 10.9 Å². The Labute approximate surface area is 161 Å². The Morgan fingerprint density at radius 1 is 1.35 bits per heavy atom. The van der Waals surface area contributed by atoms with Crippen molar-refractivity contribution in [2.75, 3.05) is 5.75 Å². The molecule has 2 aromatic heterocycles. The van der Waals surface area contributed by atoms with Gasteiger partial charge in [0.1, 0.15) is 6.33 Å². The highest BCUT2D eigenvalue weighted by molar-refractivity contribution is 7.99. The molecule has 3 rings (SSSR count). The van der Waals surface area contributed by atoms with E-state index in [1.54, 1.807) is 6.33 Å². The minimum absolute atomic E-state index is 0.0686. The Kier molecular flexibility index (Phi) is 5.64. The van der Waals surface area contributed by atoms with Crippen molar-refractivity contribution in [2.45, 2.75) is 25.5 Å². The van der Waals surface area contributed by atoms with Gasteiger partial charge in [-0.15, -0.1) is 16.8 Å². The van der Waals surface area contributed by atoms with Gasteiger partial charge < -0.3 is 4.57 Å². The molecule has 5 nitrogen and oxygen atoms in total. The van der Waals surface area contributed by atoms with Crippen LogP contribution in [0.2, 0.25) is 5.02 Å². The number of hydrogen-bond acceptors (Lipinski definition) is 4. The van der Waals surface area contributed by atoms with Crippen molar-refractivity contribution < 1.29 is 4.79 Å². The van der Waals surface area contributed by atoms with E-state index in [0.29, 0.717) is 16.7 Å². The van der Waals surface area contributed by atoms with Crippen LogP contribution in [-0.4, -0.2) is 30.9 Å². The third-order valence-corrected chi connectivity index (χ3v) is 5.30. The third kappa shape index (κ3) is 3.76. The topological polar surface area (TPSA) is 52.7 Å². The molecule has 1 aromatic carbocycles. The fourth-order valence-corrected chi connectivity index (χ4v) is 3.82. The summed E-state index contributed by atoms with van der Waals surface area (Å²) < 4.78 is 3.91. The van der Waals surface area contributed by atoms with Crippen molar-refractivity contribution in [3.8, 4) is 5.69 Å². The van der Waals surface area contributed by atoms with Gasteiger partial charge in [0, 0.05) is 28.5 Å². The van der Waals surface area contributed by atoms with Gasteiger partial charge in [-0.2, -0.15) is 0 Å². The summed E-state index contributed by atoms with van der Waals surface area (Å²) in [7, 11) is 0. The van der Waals surface area contributed by atoms with E-state index in [1.807, 2.05) is 54.8 Å². The lowest BCUT2D eigenvalue weighted by atomic mass is 10.2. The van der Waals surface area contributed by atoms with Gasteiger partial charge in [0.05, 0.1) is 11.4 Å². The van der Waals surface area contributed by atoms with Crippen LogP contribution < -0.4 is 0 Å². The Bertz CT molecular complexity index is 960. The average molecular weight is 387 g/mol. The van der Waals surface area contributed by atoms with E-state index >= 15 is 0 Å². The second kappa shape index (κ2) is 7.93. The minimum Gasteiger partial charge on any atom is -0.345 e. The first kappa shape index (κ1) is 18.5. The SMILES string of the molecule is C=CCn1c(C)cc(C(=O)CSc2nncn2-c2cccc(Cl)c2)c1C. The van der Waals surface area contributed by atoms with Crippen molar-refractivity contribution in [3.63, 3.8) is 0 Å². The first-order chi connectivity index (χ1) is 12.5. The Balaban J connectivity index is 1.76. The summed E-state index contributed by atoms with van der Waals surface area (Å²) in [5.41, 5.74) is 3.62. The van der Waals surface area contributed by atoms with Gasteiger partial charge in [-0.1, -0.05) is 35.5 Å². The van der Waals surface area contributed by atoms with E-state index in [0.717, 1.165) is 22.6 Å². The van der Waals surface area contributed by atoms with Crippen LogP contribution in [0.25, 0.3) is 5.69 Å².